The van der Waals surface area contributed by atoms with E-state index in [1.807, 2.05) is 28.8 Å². The normalized spacial score (nSPS) is 22.4. The number of aromatic amines is 1. The van der Waals surface area contributed by atoms with Crippen LogP contribution in [-0.2, 0) is 0 Å². The molecular formula is C19H22N4O. The second-order valence-corrected chi connectivity index (χ2v) is 7.38. The molecule has 0 bridgehead atoms. The molecule has 1 unspecified atom stereocenters. The van der Waals surface area contributed by atoms with Crippen molar-refractivity contribution in [1.82, 2.24) is 19.5 Å². The molecule has 1 N–H and O–H groups in total. The molecule has 1 saturated heterocycles. The Balaban J connectivity index is 1.52. The molecule has 2 aromatic heterocycles. The van der Waals surface area contributed by atoms with E-state index >= 15 is 0 Å². The van der Waals surface area contributed by atoms with Crippen LogP contribution in [0.5, 0.6) is 0 Å². The summed E-state index contributed by atoms with van der Waals surface area (Å²) < 4.78 is 1.89. The topological polar surface area (TPSA) is 53.4 Å². The highest BCUT2D eigenvalue weighted by Gasteiger charge is 2.29. The molecule has 5 nitrogen and oxygen atoms in total. The SMILES string of the molecule is O=c1[nH]c2cc(C3CCCN(CC4CC4)C3)nn2c2ccccc12. The molecule has 0 spiro atoms. The Morgan fingerprint density at radius 3 is 2.96 bits per heavy atom. The average Bonchev–Trinajstić information content (AvgIpc) is 3.31. The lowest BCUT2D eigenvalue weighted by molar-refractivity contribution is 0.198. The van der Waals surface area contributed by atoms with Gasteiger partial charge in [-0.25, -0.2) is 4.52 Å². The molecule has 5 heteroatoms. The molecule has 1 aliphatic carbocycles. The molecule has 1 atom stereocenters. The van der Waals surface area contributed by atoms with Crippen LogP contribution in [-0.4, -0.2) is 39.1 Å². The number of likely N-dealkylation sites (tertiary alicyclic amines) is 1. The molecule has 1 saturated carbocycles. The summed E-state index contributed by atoms with van der Waals surface area (Å²) in [6, 6.07) is 9.74. The summed E-state index contributed by atoms with van der Waals surface area (Å²) in [7, 11) is 0. The Morgan fingerprint density at radius 2 is 2.08 bits per heavy atom. The van der Waals surface area contributed by atoms with E-state index in [-0.39, 0.29) is 5.56 Å². The van der Waals surface area contributed by atoms with Gasteiger partial charge in [-0.2, -0.15) is 5.10 Å². The fourth-order valence-electron chi connectivity index (χ4n) is 4.03. The van der Waals surface area contributed by atoms with Crippen molar-refractivity contribution < 1.29 is 0 Å². The first-order valence-electron chi connectivity index (χ1n) is 9.01. The molecule has 1 aliphatic heterocycles. The molecule has 2 fully saturated rings. The number of rotatable bonds is 3. The van der Waals surface area contributed by atoms with Gasteiger partial charge in [-0.1, -0.05) is 12.1 Å². The lowest BCUT2D eigenvalue weighted by Crippen LogP contribution is -2.35. The zero-order valence-corrected chi connectivity index (χ0v) is 13.7. The van der Waals surface area contributed by atoms with E-state index < -0.39 is 0 Å². The maximum atomic E-state index is 12.3. The summed E-state index contributed by atoms with van der Waals surface area (Å²) in [4.78, 5) is 17.8. The first-order valence-corrected chi connectivity index (χ1v) is 9.01. The van der Waals surface area contributed by atoms with Crippen molar-refractivity contribution >= 4 is 16.6 Å². The van der Waals surface area contributed by atoms with Gasteiger partial charge >= 0.3 is 0 Å². The highest BCUT2D eigenvalue weighted by Crippen LogP contribution is 2.33. The summed E-state index contributed by atoms with van der Waals surface area (Å²) in [5, 5.41) is 5.55. The third-order valence-electron chi connectivity index (χ3n) is 5.48. The van der Waals surface area contributed by atoms with Gasteiger partial charge in [-0.15, -0.1) is 0 Å². The first kappa shape index (κ1) is 14.2. The molecule has 24 heavy (non-hydrogen) atoms. The van der Waals surface area contributed by atoms with Crippen LogP contribution >= 0.6 is 0 Å². The van der Waals surface area contributed by atoms with E-state index in [1.165, 1.54) is 38.8 Å². The number of fused-ring (bicyclic) bond motifs is 3. The molecule has 124 valence electrons. The Bertz CT molecular complexity index is 953. The lowest BCUT2D eigenvalue weighted by atomic mass is 9.95. The van der Waals surface area contributed by atoms with E-state index in [0.29, 0.717) is 11.3 Å². The molecule has 5 rings (SSSR count). The number of hydrogen-bond acceptors (Lipinski definition) is 3. The maximum absolute atomic E-state index is 12.3. The van der Waals surface area contributed by atoms with Crippen LogP contribution in [0.3, 0.4) is 0 Å². The van der Waals surface area contributed by atoms with Crippen molar-refractivity contribution in [2.24, 2.45) is 5.92 Å². The monoisotopic (exact) mass is 322 g/mol. The lowest BCUT2D eigenvalue weighted by Gasteiger charge is -2.31. The second-order valence-electron chi connectivity index (χ2n) is 7.38. The minimum atomic E-state index is -0.0384. The minimum absolute atomic E-state index is 0.0384. The predicted molar refractivity (Wildman–Crippen MR) is 94.5 cm³/mol. The molecular weight excluding hydrogens is 300 g/mol. The Kier molecular flexibility index (Phi) is 3.23. The molecule has 0 amide bonds. The fourth-order valence-corrected chi connectivity index (χ4v) is 4.03. The van der Waals surface area contributed by atoms with Gasteiger partial charge < -0.3 is 9.88 Å². The summed E-state index contributed by atoms with van der Waals surface area (Å²) in [5.74, 6) is 1.41. The highest BCUT2D eigenvalue weighted by molar-refractivity contribution is 5.80. The van der Waals surface area contributed by atoms with Gasteiger partial charge in [0, 0.05) is 25.1 Å². The van der Waals surface area contributed by atoms with Gasteiger partial charge in [0.05, 0.1) is 16.6 Å². The zero-order chi connectivity index (χ0) is 16.1. The molecule has 0 radical (unpaired) electrons. The standard InChI is InChI=1S/C19H22N4O/c24-19-15-5-1-2-6-17(15)23-18(20-19)10-16(21-23)14-4-3-9-22(12-14)11-13-7-8-13/h1-2,5-6,10,13-14H,3-4,7-9,11-12H2,(H,20,24). The van der Waals surface area contributed by atoms with Gasteiger partial charge in [0.2, 0.25) is 0 Å². The highest BCUT2D eigenvalue weighted by atomic mass is 16.1. The van der Waals surface area contributed by atoms with Crippen LogP contribution in [0, 0.1) is 5.92 Å². The number of nitrogens with one attached hydrogen (secondary N) is 1. The molecule has 3 aromatic rings. The van der Waals surface area contributed by atoms with Crippen molar-refractivity contribution in [3.63, 3.8) is 0 Å². The number of H-pyrrole nitrogens is 1. The molecule has 2 aliphatic rings. The molecule has 1 aromatic carbocycles. The number of aromatic nitrogens is 3. The van der Waals surface area contributed by atoms with Gasteiger partial charge in [-0.3, -0.25) is 4.79 Å². The van der Waals surface area contributed by atoms with Crippen LogP contribution in [0.25, 0.3) is 16.6 Å². The van der Waals surface area contributed by atoms with Crippen LogP contribution in [0.4, 0.5) is 0 Å². The quantitative estimate of drug-likeness (QED) is 0.807. The van der Waals surface area contributed by atoms with E-state index in [2.05, 4.69) is 16.0 Å². The van der Waals surface area contributed by atoms with E-state index in [1.54, 1.807) is 0 Å². The van der Waals surface area contributed by atoms with Crippen molar-refractivity contribution in [1.29, 1.82) is 0 Å². The fraction of sp³-hybridized carbons (Fsp3) is 0.474. The zero-order valence-electron chi connectivity index (χ0n) is 13.7. The van der Waals surface area contributed by atoms with Crippen LogP contribution in [0.2, 0.25) is 0 Å². The third kappa shape index (κ3) is 2.44. The third-order valence-corrected chi connectivity index (χ3v) is 5.48. The summed E-state index contributed by atoms with van der Waals surface area (Å²) in [5.41, 5.74) is 2.76. The maximum Gasteiger partial charge on any atom is 0.259 e. The number of nitrogens with zero attached hydrogens (tertiary/aromatic N) is 3. The van der Waals surface area contributed by atoms with Gasteiger partial charge in [-0.05, 0) is 50.3 Å². The van der Waals surface area contributed by atoms with E-state index in [0.717, 1.165) is 29.3 Å². The largest absolute Gasteiger partial charge is 0.306 e. The number of piperidine rings is 1. The van der Waals surface area contributed by atoms with E-state index in [9.17, 15) is 4.79 Å². The van der Waals surface area contributed by atoms with E-state index in [4.69, 9.17) is 5.10 Å². The van der Waals surface area contributed by atoms with Crippen LogP contribution in [0.15, 0.2) is 35.1 Å². The van der Waals surface area contributed by atoms with Crippen LogP contribution in [0.1, 0.15) is 37.3 Å². The number of benzene rings is 1. The van der Waals surface area contributed by atoms with Gasteiger partial charge in [0.1, 0.15) is 5.65 Å². The van der Waals surface area contributed by atoms with Crippen molar-refractivity contribution in [3.8, 4) is 0 Å². The number of para-hydroxylation sites is 1. The Morgan fingerprint density at radius 1 is 1.21 bits per heavy atom. The predicted octanol–water partition coefficient (Wildman–Crippen LogP) is 2.77. The van der Waals surface area contributed by atoms with Crippen molar-refractivity contribution in [2.75, 3.05) is 19.6 Å². The van der Waals surface area contributed by atoms with Crippen LogP contribution < -0.4 is 5.56 Å². The minimum Gasteiger partial charge on any atom is -0.306 e. The summed E-state index contributed by atoms with van der Waals surface area (Å²) in [6.45, 7) is 3.58. The summed E-state index contributed by atoms with van der Waals surface area (Å²) >= 11 is 0. The van der Waals surface area contributed by atoms with Gasteiger partial charge in [0.25, 0.3) is 5.56 Å². The number of hydrogen-bond donors (Lipinski definition) is 1. The molecule has 3 heterocycles. The Labute approximate surface area is 140 Å². The van der Waals surface area contributed by atoms with Crippen molar-refractivity contribution in [3.05, 3.63) is 46.4 Å². The van der Waals surface area contributed by atoms with Gasteiger partial charge in [0.15, 0.2) is 0 Å². The van der Waals surface area contributed by atoms with Crippen molar-refractivity contribution in [2.45, 2.75) is 31.6 Å². The second kappa shape index (κ2) is 5.45. The summed E-state index contributed by atoms with van der Waals surface area (Å²) in [6.07, 6.45) is 5.24. The average molecular weight is 322 g/mol. The Hall–Kier alpha value is -2.14. The smallest absolute Gasteiger partial charge is 0.259 e. The first-order chi connectivity index (χ1) is 11.8.